The van der Waals surface area contributed by atoms with E-state index < -0.39 is 11.9 Å². The summed E-state index contributed by atoms with van der Waals surface area (Å²) in [5.74, 6) is -2.98. The molecule has 0 aliphatic rings. The molecular formula is C6H6O4Zn. The molecule has 0 aromatic heterocycles. The average Bonchev–Trinajstić information content (AvgIpc) is 1.81. The van der Waals surface area contributed by atoms with Crippen molar-refractivity contribution in [3.05, 3.63) is 11.6 Å². The zero-order chi connectivity index (χ0) is 8.15. The maximum atomic E-state index is 10.00. The number of carbonyl (C=O) groups excluding carboxylic acids is 2. The van der Waals surface area contributed by atoms with Crippen molar-refractivity contribution in [3.8, 4) is 0 Å². The van der Waals surface area contributed by atoms with Gasteiger partial charge >= 0.3 is 19.5 Å². The van der Waals surface area contributed by atoms with E-state index in [0.717, 1.165) is 0 Å². The second-order valence-corrected chi connectivity index (χ2v) is 1.63. The monoisotopic (exact) mass is 206 g/mol. The van der Waals surface area contributed by atoms with Gasteiger partial charge in [0.25, 0.3) is 0 Å². The topological polar surface area (TPSA) is 80.3 Å². The van der Waals surface area contributed by atoms with Crippen LogP contribution >= 0.6 is 0 Å². The molecule has 0 aliphatic heterocycles. The Kier molecular flexibility index (Phi) is 7.10. The van der Waals surface area contributed by atoms with Gasteiger partial charge in [-0.2, -0.15) is 0 Å². The largest absolute Gasteiger partial charge is 2.00 e. The first-order valence-electron chi connectivity index (χ1n) is 2.70. The van der Waals surface area contributed by atoms with Gasteiger partial charge in [-0.25, -0.2) is 0 Å². The number of hydrogen-bond donors (Lipinski definition) is 0. The second kappa shape index (κ2) is 6.04. The van der Waals surface area contributed by atoms with Gasteiger partial charge in [-0.1, -0.05) is 6.92 Å². The third-order valence-electron chi connectivity index (χ3n) is 0.935. The summed E-state index contributed by atoms with van der Waals surface area (Å²) < 4.78 is 0. The summed E-state index contributed by atoms with van der Waals surface area (Å²) in [6, 6.07) is 0. The summed E-state index contributed by atoms with van der Waals surface area (Å²) in [5.41, 5.74) is -0.264. The first-order valence-corrected chi connectivity index (χ1v) is 2.70. The first kappa shape index (κ1) is 12.9. The maximum Gasteiger partial charge on any atom is 2.00 e. The quantitative estimate of drug-likeness (QED) is 0.389. The van der Waals surface area contributed by atoms with Crippen molar-refractivity contribution in [2.75, 3.05) is 0 Å². The van der Waals surface area contributed by atoms with E-state index in [2.05, 4.69) is 0 Å². The predicted octanol–water partition coefficient (Wildman–Crippen LogP) is -2.18. The molecule has 0 atom stereocenters. The first-order chi connectivity index (χ1) is 4.57. The molecule has 0 radical (unpaired) electrons. The molecule has 0 fully saturated rings. The van der Waals surface area contributed by atoms with E-state index in [1.807, 2.05) is 0 Å². The van der Waals surface area contributed by atoms with Crippen molar-refractivity contribution >= 4 is 11.9 Å². The molecule has 0 aliphatic carbocycles. The van der Waals surface area contributed by atoms with Crippen LogP contribution in [-0.4, -0.2) is 11.9 Å². The number of aliphatic carboxylic acids is 2. The van der Waals surface area contributed by atoms with Gasteiger partial charge in [0.05, 0.1) is 11.9 Å². The minimum atomic E-state index is -1.51. The molecule has 0 rings (SSSR count). The van der Waals surface area contributed by atoms with Crippen LogP contribution in [-0.2, 0) is 29.1 Å². The van der Waals surface area contributed by atoms with Gasteiger partial charge in [0.1, 0.15) is 0 Å². The van der Waals surface area contributed by atoms with Crippen LogP contribution in [0.1, 0.15) is 13.3 Å². The average molecular weight is 208 g/mol. The van der Waals surface area contributed by atoms with E-state index in [1.54, 1.807) is 0 Å². The molecule has 5 heteroatoms. The Labute approximate surface area is 76.7 Å². The minimum Gasteiger partial charge on any atom is -0.545 e. The molecular weight excluding hydrogens is 201 g/mol. The molecule has 0 N–H and O–H groups in total. The second-order valence-electron chi connectivity index (χ2n) is 1.63. The predicted molar refractivity (Wildman–Crippen MR) is 28.4 cm³/mol. The van der Waals surface area contributed by atoms with Gasteiger partial charge in [0, 0.05) is 0 Å². The van der Waals surface area contributed by atoms with Crippen molar-refractivity contribution in [2.45, 2.75) is 13.3 Å². The third kappa shape index (κ3) is 5.73. The van der Waals surface area contributed by atoms with Crippen LogP contribution in [0, 0.1) is 0 Å². The van der Waals surface area contributed by atoms with Crippen molar-refractivity contribution in [3.63, 3.8) is 0 Å². The Bertz CT molecular complexity index is 185. The fourth-order valence-corrected chi connectivity index (χ4v) is 0.448. The van der Waals surface area contributed by atoms with E-state index >= 15 is 0 Å². The van der Waals surface area contributed by atoms with Gasteiger partial charge in [0.2, 0.25) is 0 Å². The number of carboxylic acid groups (broad SMARTS) is 2. The molecule has 56 valence electrons. The van der Waals surface area contributed by atoms with Crippen molar-refractivity contribution in [1.29, 1.82) is 0 Å². The number of hydrogen-bond acceptors (Lipinski definition) is 4. The van der Waals surface area contributed by atoms with Gasteiger partial charge in [0.15, 0.2) is 0 Å². The number of carbonyl (C=O) groups is 2. The minimum absolute atomic E-state index is 0. The summed E-state index contributed by atoms with van der Waals surface area (Å²) in [6.07, 6.45) is 0.644. The molecule has 0 aromatic rings. The van der Waals surface area contributed by atoms with Crippen molar-refractivity contribution < 1.29 is 39.3 Å². The molecule has 0 bridgehead atoms. The van der Waals surface area contributed by atoms with Crippen LogP contribution < -0.4 is 10.2 Å². The summed E-state index contributed by atoms with van der Waals surface area (Å²) in [5, 5.41) is 19.8. The van der Waals surface area contributed by atoms with E-state index in [0.29, 0.717) is 6.08 Å². The fraction of sp³-hybridized carbons (Fsp3) is 0.333. The van der Waals surface area contributed by atoms with Crippen LogP contribution in [0.25, 0.3) is 0 Å². The summed E-state index contributed by atoms with van der Waals surface area (Å²) in [4.78, 5) is 19.8. The third-order valence-corrected chi connectivity index (χ3v) is 0.935. The maximum absolute atomic E-state index is 10.00. The van der Waals surface area contributed by atoms with Gasteiger partial charge in [-0.15, -0.1) is 0 Å². The van der Waals surface area contributed by atoms with Crippen molar-refractivity contribution in [2.24, 2.45) is 0 Å². The Balaban J connectivity index is 0. The van der Waals surface area contributed by atoms with Crippen LogP contribution in [0.3, 0.4) is 0 Å². The number of rotatable bonds is 3. The molecule has 0 aromatic carbocycles. The SMILES string of the molecule is CCC(=CC(=O)[O-])C(=O)[O-].[Zn+2]. The van der Waals surface area contributed by atoms with Crippen LogP contribution in [0.2, 0.25) is 0 Å². The normalized spacial score (nSPS) is 10.1. The van der Waals surface area contributed by atoms with Crippen LogP contribution in [0.4, 0.5) is 0 Å². The Morgan fingerprint density at radius 3 is 1.91 bits per heavy atom. The molecule has 4 nitrogen and oxygen atoms in total. The van der Waals surface area contributed by atoms with Gasteiger partial charge in [-0.05, 0) is 18.1 Å². The Morgan fingerprint density at radius 2 is 1.82 bits per heavy atom. The molecule has 0 spiro atoms. The van der Waals surface area contributed by atoms with E-state index in [1.165, 1.54) is 6.92 Å². The zero-order valence-electron chi connectivity index (χ0n) is 6.12. The summed E-state index contributed by atoms with van der Waals surface area (Å²) >= 11 is 0. The number of carboxylic acids is 2. The smallest absolute Gasteiger partial charge is 0.545 e. The molecule has 0 amide bonds. The van der Waals surface area contributed by atoms with Crippen LogP contribution in [0.5, 0.6) is 0 Å². The molecule has 0 saturated carbocycles. The van der Waals surface area contributed by atoms with Gasteiger partial charge in [-0.3, -0.25) is 0 Å². The molecule has 0 saturated heterocycles. The van der Waals surface area contributed by atoms with Crippen LogP contribution in [0.15, 0.2) is 11.6 Å². The van der Waals surface area contributed by atoms with Gasteiger partial charge < -0.3 is 19.8 Å². The molecule has 11 heavy (non-hydrogen) atoms. The van der Waals surface area contributed by atoms with E-state index in [9.17, 15) is 19.8 Å². The van der Waals surface area contributed by atoms with E-state index in [4.69, 9.17) is 0 Å². The molecule has 0 heterocycles. The summed E-state index contributed by atoms with van der Waals surface area (Å²) in [6.45, 7) is 1.52. The Morgan fingerprint density at radius 1 is 1.36 bits per heavy atom. The van der Waals surface area contributed by atoms with Crippen molar-refractivity contribution in [1.82, 2.24) is 0 Å². The standard InChI is InChI=1S/C6H8O4.Zn/c1-2-4(6(9)10)3-5(7)8;/h3H,2H2,1H3,(H,7,8)(H,9,10);/q;+2/p-2. The zero-order valence-corrected chi connectivity index (χ0v) is 9.09. The fourth-order valence-electron chi connectivity index (χ4n) is 0.448. The summed E-state index contributed by atoms with van der Waals surface area (Å²) in [7, 11) is 0. The molecule has 0 unspecified atom stereocenters. The van der Waals surface area contributed by atoms with E-state index in [-0.39, 0.29) is 31.5 Å². The Hall–Kier alpha value is -0.697.